The van der Waals surface area contributed by atoms with E-state index in [0.717, 1.165) is 47.0 Å². The summed E-state index contributed by atoms with van der Waals surface area (Å²) in [5, 5.41) is 1.04. The summed E-state index contributed by atoms with van der Waals surface area (Å²) < 4.78 is 0. The van der Waals surface area contributed by atoms with Gasteiger partial charge in [-0.2, -0.15) is 0 Å². The summed E-state index contributed by atoms with van der Waals surface area (Å²) in [5.74, 6) is 0.197. The van der Waals surface area contributed by atoms with Gasteiger partial charge in [0.25, 0.3) is 5.56 Å². The number of thiazole rings is 1. The number of H-pyrrole nitrogens is 1. The van der Waals surface area contributed by atoms with E-state index in [1.54, 1.807) is 11.3 Å². The van der Waals surface area contributed by atoms with Crippen LogP contribution in [0.4, 0.5) is 5.95 Å². The molecule has 3 aromatic rings. The molecule has 3 N–H and O–H groups in total. The Labute approximate surface area is 149 Å². The van der Waals surface area contributed by atoms with E-state index in [1.165, 1.54) is 4.88 Å². The number of aryl methyl sites for hydroxylation is 1. The summed E-state index contributed by atoms with van der Waals surface area (Å²) in [7, 11) is 0. The number of fused-ring (bicyclic) bond motifs is 1. The summed E-state index contributed by atoms with van der Waals surface area (Å²) >= 11 is 1.72. The molecule has 6 nitrogen and oxygen atoms in total. The van der Waals surface area contributed by atoms with E-state index in [9.17, 15) is 4.79 Å². The number of nitrogen functional groups attached to an aromatic ring is 1. The second kappa shape index (κ2) is 6.42. The molecule has 0 aliphatic carbocycles. The van der Waals surface area contributed by atoms with Gasteiger partial charge >= 0.3 is 0 Å². The minimum absolute atomic E-state index is 0.127. The number of aromatic amines is 1. The Morgan fingerprint density at radius 3 is 2.88 bits per heavy atom. The number of nitrogens with one attached hydrogen (secondary N) is 1. The zero-order valence-electron chi connectivity index (χ0n) is 14.0. The molecule has 3 heterocycles. The Hall–Kier alpha value is -2.51. The van der Waals surface area contributed by atoms with Crippen molar-refractivity contribution in [3.63, 3.8) is 0 Å². The van der Waals surface area contributed by atoms with E-state index in [2.05, 4.69) is 27.0 Å². The third-order valence-electron chi connectivity index (χ3n) is 4.45. The van der Waals surface area contributed by atoms with Gasteiger partial charge in [-0.05, 0) is 6.92 Å². The first kappa shape index (κ1) is 16.0. The molecule has 0 saturated heterocycles. The normalized spacial score (nSPS) is 14.4. The monoisotopic (exact) mass is 353 g/mol. The number of aromatic nitrogens is 3. The van der Waals surface area contributed by atoms with Crippen LogP contribution < -0.4 is 11.3 Å². The largest absolute Gasteiger partial charge is 0.369 e. The predicted molar refractivity (Wildman–Crippen MR) is 99.4 cm³/mol. The van der Waals surface area contributed by atoms with Crippen molar-refractivity contribution in [3.05, 3.63) is 62.5 Å². The summed E-state index contributed by atoms with van der Waals surface area (Å²) in [6.07, 6.45) is 0.743. The minimum Gasteiger partial charge on any atom is -0.369 e. The van der Waals surface area contributed by atoms with Gasteiger partial charge in [-0.3, -0.25) is 14.7 Å². The fourth-order valence-corrected chi connectivity index (χ4v) is 4.23. The molecule has 7 heteroatoms. The SMILES string of the molecule is Cc1nc(-c2ccccc2)sc1CN1CCc2nc(N)[nH]c(=O)c2C1. The Kier molecular flexibility index (Phi) is 4.10. The summed E-state index contributed by atoms with van der Waals surface area (Å²) in [5.41, 5.74) is 9.25. The molecular formula is C18H19N5OS. The lowest BCUT2D eigenvalue weighted by atomic mass is 10.1. The molecule has 0 saturated carbocycles. The highest BCUT2D eigenvalue weighted by Gasteiger charge is 2.22. The molecule has 0 amide bonds. The van der Waals surface area contributed by atoms with Crippen LogP contribution in [-0.4, -0.2) is 26.4 Å². The summed E-state index contributed by atoms with van der Waals surface area (Å²) in [6, 6.07) is 10.2. The van der Waals surface area contributed by atoms with Crippen molar-refractivity contribution in [1.82, 2.24) is 19.9 Å². The number of hydrogen-bond acceptors (Lipinski definition) is 6. The lowest BCUT2D eigenvalue weighted by Gasteiger charge is -2.27. The van der Waals surface area contributed by atoms with Crippen LogP contribution in [0.2, 0.25) is 0 Å². The zero-order valence-corrected chi connectivity index (χ0v) is 14.8. The van der Waals surface area contributed by atoms with Gasteiger partial charge < -0.3 is 5.73 Å². The number of nitrogens with two attached hydrogens (primary N) is 1. The molecule has 0 bridgehead atoms. The second-order valence-electron chi connectivity index (χ2n) is 6.23. The molecule has 0 spiro atoms. The molecule has 4 rings (SSSR count). The van der Waals surface area contributed by atoms with E-state index >= 15 is 0 Å². The first-order valence-corrected chi connectivity index (χ1v) is 9.03. The Balaban J connectivity index is 1.56. The van der Waals surface area contributed by atoms with Crippen LogP contribution >= 0.6 is 11.3 Å². The maximum Gasteiger partial charge on any atom is 0.257 e. The van der Waals surface area contributed by atoms with Gasteiger partial charge in [-0.25, -0.2) is 9.97 Å². The molecular weight excluding hydrogens is 334 g/mol. The van der Waals surface area contributed by atoms with Gasteiger partial charge in [0.05, 0.1) is 17.0 Å². The maximum absolute atomic E-state index is 12.1. The highest BCUT2D eigenvalue weighted by Crippen LogP contribution is 2.29. The van der Waals surface area contributed by atoms with Crippen molar-refractivity contribution in [1.29, 1.82) is 0 Å². The Morgan fingerprint density at radius 1 is 1.28 bits per heavy atom. The predicted octanol–water partition coefficient (Wildman–Crippen LogP) is 2.34. The van der Waals surface area contributed by atoms with E-state index in [0.29, 0.717) is 6.54 Å². The Bertz CT molecular complexity index is 963. The van der Waals surface area contributed by atoms with Gasteiger partial charge in [-0.1, -0.05) is 30.3 Å². The van der Waals surface area contributed by atoms with Crippen molar-refractivity contribution >= 4 is 17.3 Å². The van der Waals surface area contributed by atoms with Gasteiger partial charge in [0.1, 0.15) is 5.01 Å². The highest BCUT2D eigenvalue weighted by atomic mass is 32.1. The molecule has 0 unspecified atom stereocenters. The Morgan fingerprint density at radius 2 is 2.08 bits per heavy atom. The molecule has 128 valence electrons. The van der Waals surface area contributed by atoms with Crippen LogP contribution in [0.5, 0.6) is 0 Å². The van der Waals surface area contributed by atoms with Gasteiger partial charge in [-0.15, -0.1) is 11.3 Å². The van der Waals surface area contributed by atoms with Crippen LogP contribution in [0, 0.1) is 6.92 Å². The molecule has 1 aliphatic rings. The van der Waals surface area contributed by atoms with Crippen LogP contribution in [0.3, 0.4) is 0 Å². The average Bonchev–Trinajstić information content (AvgIpc) is 2.97. The lowest BCUT2D eigenvalue weighted by Crippen LogP contribution is -2.35. The smallest absolute Gasteiger partial charge is 0.257 e. The van der Waals surface area contributed by atoms with Gasteiger partial charge in [0.15, 0.2) is 0 Å². The van der Waals surface area contributed by atoms with E-state index < -0.39 is 0 Å². The fourth-order valence-electron chi connectivity index (χ4n) is 3.12. The minimum atomic E-state index is -0.127. The highest BCUT2D eigenvalue weighted by molar-refractivity contribution is 7.15. The van der Waals surface area contributed by atoms with E-state index in [-0.39, 0.29) is 11.5 Å². The molecule has 25 heavy (non-hydrogen) atoms. The molecule has 1 aromatic carbocycles. The third-order valence-corrected chi connectivity index (χ3v) is 5.64. The summed E-state index contributed by atoms with van der Waals surface area (Å²) in [4.78, 5) is 27.2. The van der Waals surface area contributed by atoms with Crippen LogP contribution in [0.25, 0.3) is 10.6 Å². The topological polar surface area (TPSA) is 87.9 Å². The van der Waals surface area contributed by atoms with Crippen molar-refractivity contribution in [2.45, 2.75) is 26.4 Å². The van der Waals surface area contributed by atoms with Gasteiger partial charge in [0, 0.05) is 36.5 Å². The first-order chi connectivity index (χ1) is 12.1. The molecule has 0 atom stereocenters. The summed E-state index contributed by atoms with van der Waals surface area (Å²) in [6.45, 7) is 4.29. The standard InChI is InChI=1S/C18H19N5OS/c1-11-15(25-17(20-11)12-5-3-2-4-6-12)10-23-8-7-14-13(9-23)16(24)22-18(19)21-14/h2-6H,7-10H2,1H3,(H3,19,21,22,24). The van der Waals surface area contributed by atoms with Crippen LogP contribution in [0.15, 0.2) is 35.1 Å². The second-order valence-corrected chi connectivity index (χ2v) is 7.31. The maximum atomic E-state index is 12.1. The molecule has 0 radical (unpaired) electrons. The van der Waals surface area contributed by atoms with Crippen molar-refractivity contribution < 1.29 is 0 Å². The van der Waals surface area contributed by atoms with Crippen LogP contribution in [-0.2, 0) is 19.5 Å². The van der Waals surface area contributed by atoms with Gasteiger partial charge in [0.2, 0.25) is 5.95 Å². The molecule has 1 aliphatic heterocycles. The third kappa shape index (κ3) is 3.20. The molecule has 2 aromatic heterocycles. The average molecular weight is 353 g/mol. The quantitative estimate of drug-likeness (QED) is 0.755. The van der Waals surface area contributed by atoms with Crippen molar-refractivity contribution in [2.24, 2.45) is 0 Å². The lowest BCUT2D eigenvalue weighted by molar-refractivity contribution is 0.243. The first-order valence-electron chi connectivity index (χ1n) is 8.22. The van der Waals surface area contributed by atoms with Crippen molar-refractivity contribution in [2.75, 3.05) is 12.3 Å². The number of benzene rings is 1. The van der Waals surface area contributed by atoms with E-state index in [1.807, 2.05) is 25.1 Å². The van der Waals surface area contributed by atoms with Crippen molar-refractivity contribution in [3.8, 4) is 10.6 Å². The number of anilines is 1. The zero-order chi connectivity index (χ0) is 17.4. The fraction of sp³-hybridized carbons (Fsp3) is 0.278. The number of hydrogen-bond donors (Lipinski definition) is 2. The number of rotatable bonds is 3. The number of nitrogens with zero attached hydrogens (tertiary/aromatic N) is 3. The molecule has 0 fully saturated rings. The van der Waals surface area contributed by atoms with Crippen LogP contribution in [0.1, 0.15) is 21.8 Å². The van der Waals surface area contributed by atoms with E-state index in [4.69, 9.17) is 10.7 Å².